The van der Waals surface area contributed by atoms with Gasteiger partial charge in [-0.25, -0.2) is 13.1 Å². The summed E-state index contributed by atoms with van der Waals surface area (Å²) >= 11 is 12.3. The van der Waals surface area contributed by atoms with Crippen molar-refractivity contribution in [3.8, 4) is 0 Å². The minimum absolute atomic E-state index is 0.0842. The molecule has 1 aliphatic heterocycles. The fraction of sp³-hybridized carbons (Fsp3) is 0.381. The van der Waals surface area contributed by atoms with E-state index in [0.29, 0.717) is 28.7 Å². The highest BCUT2D eigenvalue weighted by molar-refractivity contribution is 7.89. The first-order valence-corrected chi connectivity index (χ1v) is 11.8. The molecule has 1 fully saturated rings. The second-order valence-electron chi connectivity index (χ2n) is 7.86. The zero-order valence-electron chi connectivity index (χ0n) is 16.0. The van der Waals surface area contributed by atoms with Crippen molar-refractivity contribution >= 4 is 44.8 Å². The Morgan fingerprint density at radius 3 is 2.55 bits per heavy atom. The second kappa shape index (κ2) is 7.58. The average molecular weight is 453 g/mol. The van der Waals surface area contributed by atoms with Crippen LogP contribution in [0.3, 0.4) is 0 Å². The van der Waals surface area contributed by atoms with Gasteiger partial charge in [0.2, 0.25) is 15.9 Å². The van der Waals surface area contributed by atoms with E-state index in [-0.39, 0.29) is 10.8 Å². The van der Waals surface area contributed by atoms with Gasteiger partial charge in [-0.05, 0) is 67.5 Å². The van der Waals surface area contributed by atoms with Gasteiger partial charge in [-0.3, -0.25) is 4.79 Å². The number of halogens is 2. The van der Waals surface area contributed by atoms with E-state index in [9.17, 15) is 13.2 Å². The molecule has 0 radical (unpaired) electrons. The first-order valence-electron chi connectivity index (χ1n) is 9.58. The van der Waals surface area contributed by atoms with Crippen LogP contribution in [0.25, 0.3) is 0 Å². The highest BCUT2D eigenvalue weighted by atomic mass is 35.5. The zero-order valence-corrected chi connectivity index (χ0v) is 18.4. The Balaban J connectivity index is 1.61. The van der Waals surface area contributed by atoms with Gasteiger partial charge in [-0.2, -0.15) is 0 Å². The van der Waals surface area contributed by atoms with Crippen molar-refractivity contribution in [1.29, 1.82) is 0 Å². The highest BCUT2D eigenvalue weighted by Gasteiger charge is 2.41. The number of fused-ring (bicyclic) bond motifs is 1. The predicted molar refractivity (Wildman–Crippen MR) is 115 cm³/mol. The van der Waals surface area contributed by atoms with E-state index in [2.05, 4.69) is 4.72 Å². The molecule has 1 aliphatic carbocycles. The Kier molecular flexibility index (Phi) is 5.40. The third kappa shape index (κ3) is 4.04. The van der Waals surface area contributed by atoms with Crippen LogP contribution in [0.15, 0.2) is 41.3 Å². The quantitative estimate of drug-likeness (QED) is 0.732. The molecule has 8 heteroatoms. The summed E-state index contributed by atoms with van der Waals surface area (Å²) in [5.74, 6) is -0.0842. The van der Waals surface area contributed by atoms with Crippen LogP contribution in [0.2, 0.25) is 10.0 Å². The normalized spacial score (nSPS) is 17.7. The van der Waals surface area contributed by atoms with Crippen molar-refractivity contribution in [2.45, 2.75) is 49.5 Å². The van der Waals surface area contributed by atoms with Crippen molar-refractivity contribution in [2.75, 3.05) is 11.4 Å². The molecule has 5 nitrogen and oxygen atoms in total. The second-order valence-corrected chi connectivity index (χ2v) is 10.4. The van der Waals surface area contributed by atoms with Crippen LogP contribution >= 0.6 is 23.2 Å². The molecule has 1 saturated carbocycles. The molecule has 0 aromatic heterocycles. The van der Waals surface area contributed by atoms with Gasteiger partial charge in [0.05, 0.1) is 4.90 Å². The van der Waals surface area contributed by atoms with Gasteiger partial charge < -0.3 is 4.90 Å². The summed E-state index contributed by atoms with van der Waals surface area (Å²) in [5.41, 5.74) is 1.99. The summed E-state index contributed by atoms with van der Waals surface area (Å²) in [6.45, 7) is 2.08. The summed E-state index contributed by atoms with van der Waals surface area (Å²) in [6.07, 6.45) is 3.69. The fourth-order valence-corrected chi connectivity index (χ4v) is 6.10. The van der Waals surface area contributed by atoms with E-state index in [1.165, 1.54) is 6.92 Å². The van der Waals surface area contributed by atoms with Gasteiger partial charge in [0, 0.05) is 34.7 Å². The maximum Gasteiger partial charge on any atom is 0.241 e. The van der Waals surface area contributed by atoms with Crippen LogP contribution < -0.4 is 9.62 Å². The summed E-state index contributed by atoms with van der Waals surface area (Å²) < 4.78 is 29.3. The van der Waals surface area contributed by atoms with Gasteiger partial charge in [-0.1, -0.05) is 35.3 Å². The van der Waals surface area contributed by atoms with E-state index in [4.69, 9.17) is 23.2 Å². The molecule has 2 aromatic carbocycles. The Morgan fingerprint density at radius 2 is 1.93 bits per heavy atom. The summed E-state index contributed by atoms with van der Waals surface area (Å²) in [4.78, 5) is 13.7. The Hall–Kier alpha value is -1.60. The standard InChI is InChI=1S/C21H22Cl2N2O3S/c1-14(26)25-10-7-15-4-6-18(12-20(15)25)29(27,28)24-21(8-2-9-21)13-16-3-5-17(22)11-19(16)23/h3-6,11-12,24H,2,7-10,13H2,1H3. The molecule has 2 aromatic rings. The third-order valence-corrected chi connectivity index (χ3v) is 8.01. The lowest BCUT2D eigenvalue weighted by atomic mass is 9.74. The number of sulfonamides is 1. The predicted octanol–water partition coefficient (Wildman–Crippen LogP) is 4.35. The smallest absolute Gasteiger partial charge is 0.241 e. The molecule has 2 aliphatic rings. The highest BCUT2D eigenvalue weighted by Crippen LogP contribution is 2.39. The van der Waals surface area contributed by atoms with Crippen LogP contribution in [0.4, 0.5) is 5.69 Å². The molecular weight excluding hydrogens is 431 g/mol. The molecule has 154 valence electrons. The number of nitrogens with one attached hydrogen (secondary N) is 1. The number of carbonyl (C=O) groups is 1. The Bertz CT molecular complexity index is 1080. The van der Waals surface area contributed by atoms with Gasteiger partial charge in [0.25, 0.3) is 0 Å². The summed E-state index contributed by atoms with van der Waals surface area (Å²) in [5, 5.41) is 1.09. The van der Waals surface area contributed by atoms with E-state index in [0.717, 1.165) is 36.8 Å². The van der Waals surface area contributed by atoms with E-state index < -0.39 is 15.6 Å². The lowest BCUT2D eigenvalue weighted by Gasteiger charge is -2.42. The minimum atomic E-state index is -3.75. The number of hydrogen-bond donors (Lipinski definition) is 1. The maximum absolute atomic E-state index is 13.2. The van der Waals surface area contributed by atoms with Crippen LogP contribution in [0.5, 0.6) is 0 Å². The van der Waals surface area contributed by atoms with Crippen molar-refractivity contribution in [1.82, 2.24) is 4.72 Å². The average Bonchev–Trinajstić information content (AvgIpc) is 3.05. The fourth-order valence-electron chi connectivity index (χ4n) is 4.15. The van der Waals surface area contributed by atoms with Gasteiger partial charge in [-0.15, -0.1) is 0 Å². The summed E-state index contributed by atoms with van der Waals surface area (Å²) in [7, 11) is -3.75. The molecule has 1 amide bonds. The molecular formula is C21H22Cl2N2O3S. The molecule has 0 spiro atoms. The van der Waals surface area contributed by atoms with Crippen molar-refractivity contribution in [2.24, 2.45) is 0 Å². The summed E-state index contributed by atoms with van der Waals surface area (Å²) in [6, 6.07) is 10.3. The van der Waals surface area contributed by atoms with E-state index in [1.807, 2.05) is 6.07 Å². The van der Waals surface area contributed by atoms with Gasteiger partial charge in [0.15, 0.2) is 0 Å². The monoisotopic (exact) mass is 452 g/mol. The van der Waals surface area contributed by atoms with E-state index >= 15 is 0 Å². The topological polar surface area (TPSA) is 66.5 Å². The molecule has 0 saturated heterocycles. The molecule has 1 N–H and O–H groups in total. The molecule has 0 atom stereocenters. The molecule has 29 heavy (non-hydrogen) atoms. The SMILES string of the molecule is CC(=O)N1CCc2ccc(S(=O)(=O)NC3(Cc4ccc(Cl)cc4Cl)CCC3)cc21. The lowest BCUT2D eigenvalue weighted by Crippen LogP contribution is -2.54. The lowest BCUT2D eigenvalue weighted by molar-refractivity contribution is -0.116. The molecule has 0 bridgehead atoms. The molecule has 1 heterocycles. The van der Waals surface area contributed by atoms with E-state index in [1.54, 1.807) is 35.2 Å². The number of carbonyl (C=O) groups excluding carboxylic acids is 1. The van der Waals surface area contributed by atoms with Gasteiger partial charge >= 0.3 is 0 Å². The van der Waals surface area contributed by atoms with Crippen LogP contribution in [-0.2, 0) is 27.7 Å². The largest absolute Gasteiger partial charge is 0.312 e. The Labute approximate surface area is 181 Å². The Morgan fingerprint density at radius 1 is 1.17 bits per heavy atom. The third-order valence-electron chi connectivity index (χ3n) is 5.85. The zero-order chi connectivity index (χ0) is 20.8. The van der Waals surface area contributed by atoms with Crippen LogP contribution in [0, 0.1) is 0 Å². The van der Waals surface area contributed by atoms with Crippen LogP contribution in [-0.4, -0.2) is 26.4 Å². The van der Waals surface area contributed by atoms with Crippen molar-refractivity contribution in [3.05, 3.63) is 57.6 Å². The van der Waals surface area contributed by atoms with Crippen molar-refractivity contribution < 1.29 is 13.2 Å². The number of hydrogen-bond acceptors (Lipinski definition) is 3. The minimum Gasteiger partial charge on any atom is -0.312 e. The molecule has 4 rings (SSSR count). The first-order chi connectivity index (χ1) is 13.7. The number of rotatable bonds is 5. The number of anilines is 1. The van der Waals surface area contributed by atoms with Gasteiger partial charge in [0.1, 0.15) is 0 Å². The van der Waals surface area contributed by atoms with Crippen LogP contribution in [0.1, 0.15) is 37.3 Å². The maximum atomic E-state index is 13.2. The first kappa shape index (κ1) is 20.7. The number of amides is 1. The number of nitrogens with zero attached hydrogens (tertiary/aromatic N) is 1. The number of benzene rings is 2. The van der Waals surface area contributed by atoms with Crippen molar-refractivity contribution in [3.63, 3.8) is 0 Å². The molecule has 0 unspecified atom stereocenters.